The molecule has 8 aromatic rings. The minimum absolute atomic E-state index is 0.169. The molecular weight excluding hydrogens is 608 g/mol. The van der Waals surface area contributed by atoms with Crippen molar-refractivity contribution in [1.29, 1.82) is 0 Å². The zero-order valence-corrected chi connectivity index (χ0v) is 26.4. The van der Waals surface area contributed by atoms with Crippen molar-refractivity contribution in [2.45, 2.75) is 19.0 Å². The lowest BCUT2D eigenvalue weighted by atomic mass is 9.89. The number of fused-ring (bicyclic) bond motifs is 2. The third-order valence-electron chi connectivity index (χ3n) is 8.80. The van der Waals surface area contributed by atoms with Gasteiger partial charge in [-0.15, -0.1) is 0 Å². The molecule has 0 amide bonds. The summed E-state index contributed by atoms with van der Waals surface area (Å²) in [5, 5.41) is 11.5. The summed E-state index contributed by atoms with van der Waals surface area (Å²) in [5.41, 5.74) is 7.75. The number of hydrogen-bond donors (Lipinski definition) is 0. The van der Waals surface area contributed by atoms with Crippen molar-refractivity contribution in [3.05, 3.63) is 189 Å². The van der Waals surface area contributed by atoms with Crippen LogP contribution in [0.15, 0.2) is 162 Å². The predicted octanol–water partition coefficient (Wildman–Crippen LogP) is 7.11. The van der Waals surface area contributed by atoms with Crippen LogP contribution < -0.4 is 11.1 Å². The lowest BCUT2D eigenvalue weighted by molar-refractivity contribution is 0.537. The van der Waals surface area contributed by atoms with E-state index in [1.165, 1.54) is 4.68 Å². The number of rotatable bonds is 8. The van der Waals surface area contributed by atoms with E-state index in [9.17, 15) is 9.59 Å². The van der Waals surface area contributed by atoms with Crippen LogP contribution in [0.1, 0.15) is 22.6 Å². The van der Waals surface area contributed by atoms with Crippen LogP contribution >= 0.6 is 0 Å². The zero-order valence-electron chi connectivity index (χ0n) is 26.4. The van der Waals surface area contributed by atoms with Crippen LogP contribution in [0.4, 0.5) is 0 Å². The van der Waals surface area contributed by atoms with Crippen molar-refractivity contribution in [2.75, 3.05) is 0 Å². The molecule has 0 fully saturated rings. The standard InChI is InChI=1S/C41H30N6O2/c48-40-20-19-39(44-46(40)26-28-10-16-36-33(24-28)8-4-22-42-36)31-13-11-29(12-14-31)35(32-15-17-37-34(25-32)9-5-23-43-37)27-47-41(49)21-18-38(45-47)30-6-2-1-3-7-30/h1-25,35H,26-27H2. The topological polar surface area (TPSA) is 95.6 Å². The third kappa shape index (κ3) is 6.27. The van der Waals surface area contributed by atoms with E-state index in [4.69, 9.17) is 10.2 Å². The van der Waals surface area contributed by atoms with Gasteiger partial charge in [0.1, 0.15) is 0 Å². The van der Waals surface area contributed by atoms with Crippen molar-refractivity contribution in [3.8, 4) is 22.5 Å². The van der Waals surface area contributed by atoms with E-state index in [1.54, 1.807) is 41.3 Å². The Labute approximate surface area is 281 Å². The van der Waals surface area contributed by atoms with Gasteiger partial charge >= 0.3 is 0 Å². The molecule has 8 nitrogen and oxygen atoms in total. The molecule has 0 aliphatic rings. The molecule has 236 valence electrons. The summed E-state index contributed by atoms with van der Waals surface area (Å²) in [6.07, 6.45) is 3.55. The Morgan fingerprint density at radius 2 is 1.10 bits per heavy atom. The Hall–Kier alpha value is -6.54. The van der Waals surface area contributed by atoms with E-state index in [-0.39, 0.29) is 17.0 Å². The van der Waals surface area contributed by atoms with Gasteiger partial charge in [0.25, 0.3) is 11.1 Å². The lowest BCUT2D eigenvalue weighted by Crippen LogP contribution is -2.26. The Kier molecular flexibility index (Phi) is 7.87. The van der Waals surface area contributed by atoms with Crippen molar-refractivity contribution in [3.63, 3.8) is 0 Å². The molecular formula is C41H30N6O2. The number of benzene rings is 4. The van der Waals surface area contributed by atoms with Crippen LogP contribution in [0.25, 0.3) is 44.3 Å². The largest absolute Gasteiger partial charge is 0.268 e. The second-order valence-corrected chi connectivity index (χ2v) is 12.0. The minimum atomic E-state index is -0.181. The molecule has 0 saturated heterocycles. The molecule has 0 bridgehead atoms. The van der Waals surface area contributed by atoms with E-state index in [0.29, 0.717) is 18.8 Å². The van der Waals surface area contributed by atoms with Gasteiger partial charge in [0.2, 0.25) is 0 Å². The average molecular weight is 639 g/mol. The van der Waals surface area contributed by atoms with Gasteiger partial charge in [-0.1, -0.05) is 78.9 Å². The maximum atomic E-state index is 13.2. The molecule has 1 atom stereocenters. The Balaban J connectivity index is 1.13. The number of aromatic nitrogens is 6. The van der Waals surface area contributed by atoms with Crippen LogP contribution in [0.3, 0.4) is 0 Å². The number of hydrogen-bond acceptors (Lipinski definition) is 6. The minimum Gasteiger partial charge on any atom is -0.268 e. The fraction of sp³-hybridized carbons (Fsp3) is 0.0732. The van der Waals surface area contributed by atoms with Crippen LogP contribution in [0.2, 0.25) is 0 Å². The van der Waals surface area contributed by atoms with E-state index in [1.807, 2.05) is 91.0 Å². The quantitative estimate of drug-likeness (QED) is 0.176. The highest BCUT2D eigenvalue weighted by atomic mass is 16.1. The van der Waals surface area contributed by atoms with Gasteiger partial charge in [0, 0.05) is 52.3 Å². The molecule has 1 unspecified atom stereocenters. The molecule has 49 heavy (non-hydrogen) atoms. The van der Waals surface area contributed by atoms with Crippen molar-refractivity contribution >= 4 is 21.8 Å². The van der Waals surface area contributed by atoms with E-state index in [0.717, 1.165) is 55.3 Å². The van der Waals surface area contributed by atoms with Gasteiger partial charge in [-0.2, -0.15) is 10.2 Å². The zero-order chi connectivity index (χ0) is 33.2. The second kappa shape index (κ2) is 12.9. The van der Waals surface area contributed by atoms with Gasteiger partial charge in [-0.05, 0) is 65.2 Å². The SMILES string of the molecule is O=c1ccc(-c2ccc(C(Cn3nc(-c4ccccc4)ccc3=O)c3ccc4ncccc4c3)cc2)nn1Cc1ccc2ncccc2c1. The van der Waals surface area contributed by atoms with Crippen LogP contribution in [-0.4, -0.2) is 29.5 Å². The highest BCUT2D eigenvalue weighted by Gasteiger charge is 2.19. The van der Waals surface area contributed by atoms with Gasteiger partial charge in [0.15, 0.2) is 0 Å². The smallest absolute Gasteiger partial charge is 0.267 e. The first-order valence-corrected chi connectivity index (χ1v) is 16.1. The van der Waals surface area contributed by atoms with Crippen molar-refractivity contribution < 1.29 is 0 Å². The molecule has 4 aromatic heterocycles. The molecule has 4 aromatic carbocycles. The van der Waals surface area contributed by atoms with Gasteiger partial charge in [-0.25, -0.2) is 9.36 Å². The summed E-state index contributed by atoms with van der Waals surface area (Å²) in [7, 11) is 0. The van der Waals surface area contributed by atoms with Crippen LogP contribution in [-0.2, 0) is 13.1 Å². The lowest BCUT2D eigenvalue weighted by Gasteiger charge is -2.20. The summed E-state index contributed by atoms with van der Waals surface area (Å²) in [5.74, 6) is -0.181. The summed E-state index contributed by atoms with van der Waals surface area (Å²) >= 11 is 0. The third-order valence-corrected chi connectivity index (χ3v) is 8.80. The summed E-state index contributed by atoms with van der Waals surface area (Å²) in [6, 6.07) is 44.7. The Morgan fingerprint density at radius 3 is 1.82 bits per heavy atom. The molecule has 0 N–H and O–H groups in total. The average Bonchev–Trinajstić information content (AvgIpc) is 3.15. The fourth-order valence-electron chi connectivity index (χ4n) is 6.23. The first-order valence-electron chi connectivity index (χ1n) is 16.1. The molecule has 0 aliphatic carbocycles. The molecule has 8 rings (SSSR count). The van der Waals surface area contributed by atoms with E-state index < -0.39 is 0 Å². The second-order valence-electron chi connectivity index (χ2n) is 12.0. The molecule has 0 saturated carbocycles. The van der Waals surface area contributed by atoms with Gasteiger partial charge in [-0.3, -0.25) is 19.6 Å². The maximum Gasteiger partial charge on any atom is 0.267 e. The summed E-state index contributed by atoms with van der Waals surface area (Å²) in [6.45, 7) is 0.688. The molecule has 0 radical (unpaired) electrons. The monoisotopic (exact) mass is 638 g/mol. The molecule has 0 spiro atoms. The highest BCUT2D eigenvalue weighted by molar-refractivity contribution is 5.80. The maximum absolute atomic E-state index is 13.2. The predicted molar refractivity (Wildman–Crippen MR) is 192 cm³/mol. The number of pyridine rings is 2. The molecule has 4 heterocycles. The fourth-order valence-corrected chi connectivity index (χ4v) is 6.23. The highest BCUT2D eigenvalue weighted by Crippen LogP contribution is 2.30. The van der Waals surface area contributed by atoms with E-state index >= 15 is 0 Å². The van der Waals surface area contributed by atoms with Gasteiger partial charge < -0.3 is 0 Å². The molecule has 8 heteroatoms. The van der Waals surface area contributed by atoms with Gasteiger partial charge in [0.05, 0.1) is 35.5 Å². The van der Waals surface area contributed by atoms with Crippen LogP contribution in [0, 0.1) is 0 Å². The normalized spacial score (nSPS) is 11.9. The van der Waals surface area contributed by atoms with Crippen LogP contribution in [0.5, 0.6) is 0 Å². The molecule has 0 aliphatic heterocycles. The van der Waals surface area contributed by atoms with E-state index in [2.05, 4.69) is 34.2 Å². The first kappa shape index (κ1) is 29.8. The summed E-state index contributed by atoms with van der Waals surface area (Å²) < 4.78 is 3.04. The first-order chi connectivity index (χ1) is 24.1. The van der Waals surface area contributed by atoms with Crippen molar-refractivity contribution in [1.82, 2.24) is 29.5 Å². The summed E-state index contributed by atoms with van der Waals surface area (Å²) in [4.78, 5) is 34.9. The number of nitrogens with zero attached hydrogens (tertiary/aromatic N) is 6. The van der Waals surface area contributed by atoms with Crippen molar-refractivity contribution in [2.24, 2.45) is 0 Å². The Bertz CT molecular complexity index is 2560. The Morgan fingerprint density at radius 1 is 0.510 bits per heavy atom.